The van der Waals surface area contributed by atoms with Crippen LogP contribution in [0.25, 0.3) is 0 Å². The van der Waals surface area contributed by atoms with Crippen molar-refractivity contribution in [2.75, 3.05) is 18.0 Å². The number of terminal acetylenes is 1. The maximum Gasteiger partial charge on any atom is 0.220 e. The zero-order chi connectivity index (χ0) is 16.1. The van der Waals surface area contributed by atoms with Crippen molar-refractivity contribution in [3.05, 3.63) is 24.5 Å². The van der Waals surface area contributed by atoms with Gasteiger partial charge in [0.15, 0.2) is 5.66 Å². The van der Waals surface area contributed by atoms with Crippen molar-refractivity contribution in [2.45, 2.75) is 43.8 Å². The molecule has 0 bridgehead atoms. The van der Waals surface area contributed by atoms with Gasteiger partial charge in [0.05, 0.1) is 11.9 Å². The standard InChI is InChI=1S/C17H21N5O/c1-2-3-8-17(20-21-17)9-6-16(23)19-14-7-11-22(13-14)15-5-4-10-18-12-15/h1,4-5,10,12,14H,3,6-9,11,13H2,(H,19,23). The minimum absolute atomic E-state index is 0.0698. The molecule has 1 saturated heterocycles. The highest BCUT2D eigenvalue weighted by molar-refractivity contribution is 5.76. The van der Waals surface area contributed by atoms with Crippen molar-refractivity contribution in [3.63, 3.8) is 0 Å². The number of nitrogens with zero attached hydrogens (tertiary/aromatic N) is 4. The lowest BCUT2D eigenvalue weighted by molar-refractivity contribution is -0.121. The smallest absolute Gasteiger partial charge is 0.220 e. The Morgan fingerprint density at radius 1 is 1.48 bits per heavy atom. The summed E-state index contributed by atoms with van der Waals surface area (Å²) in [6, 6.07) is 4.17. The lowest BCUT2D eigenvalue weighted by Gasteiger charge is -2.18. The first-order valence-electron chi connectivity index (χ1n) is 8.03. The Balaban J connectivity index is 1.40. The van der Waals surface area contributed by atoms with E-state index in [4.69, 9.17) is 6.42 Å². The van der Waals surface area contributed by atoms with Crippen LogP contribution >= 0.6 is 0 Å². The number of carbonyl (C=O) groups excluding carboxylic acids is 1. The molecule has 0 aliphatic carbocycles. The highest BCUT2D eigenvalue weighted by Gasteiger charge is 2.39. The number of aromatic nitrogens is 1. The Kier molecular flexibility index (Phi) is 4.56. The molecule has 6 nitrogen and oxygen atoms in total. The van der Waals surface area contributed by atoms with E-state index in [1.165, 1.54) is 0 Å². The fourth-order valence-electron chi connectivity index (χ4n) is 2.94. The first kappa shape index (κ1) is 15.5. The third-order valence-electron chi connectivity index (χ3n) is 4.37. The Labute approximate surface area is 136 Å². The number of nitrogens with one attached hydrogen (secondary N) is 1. The summed E-state index contributed by atoms with van der Waals surface area (Å²) in [7, 11) is 0. The number of hydrogen-bond acceptors (Lipinski definition) is 5. The second-order valence-corrected chi connectivity index (χ2v) is 6.10. The average Bonchev–Trinajstić information content (AvgIpc) is 3.21. The van der Waals surface area contributed by atoms with Crippen LogP contribution in [0.2, 0.25) is 0 Å². The van der Waals surface area contributed by atoms with E-state index >= 15 is 0 Å². The van der Waals surface area contributed by atoms with E-state index in [-0.39, 0.29) is 17.6 Å². The van der Waals surface area contributed by atoms with Crippen LogP contribution in [-0.2, 0) is 4.79 Å². The molecule has 1 aromatic heterocycles. The Morgan fingerprint density at radius 3 is 3.04 bits per heavy atom. The van der Waals surface area contributed by atoms with Gasteiger partial charge in [0.25, 0.3) is 0 Å². The van der Waals surface area contributed by atoms with Gasteiger partial charge < -0.3 is 10.2 Å². The third kappa shape index (κ3) is 4.07. The van der Waals surface area contributed by atoms with E-state index in [0.29, 0.717) is 19.3 Å². The molecule has 120 valence electrons. The van der Waals surface area contributed by atoms with Gasteiger partial charge in [0, 0.05) is 51.0 Å². The van der Waals surface area contributed by atoms with Crippen molar-refractivity contribution >= 4 is 11.6 Å². The van der Waals surface area contributed by atoms with E-state index in [1.54, 1.807) is 6.20 Å². The number of carbonyl (C=O) groups is 1. The van der Waals surface area contributed by atoms with Crippen molar-refractivity contribution in [1.29, 1.82) is 0 Å². The van der Waals surface area contributed by atoms with Crippen LogP contribution < -0.4 is 10.2 Å². The van der Waals surface area contributed by atoms with Crippen LogP contribution in [0.1, 0.15) is 32.1 Å². The topological polar surface area (TPSA) is 70.0 Å². The third-order valence-corrected chi connectivity index (χ3v) is 4.37. The van der Waals surface area contributed by atoms with Gasteiger partial charge in [-0.1, -0.05) is 0 Å². The van der Waals surface area contributed by atoms with E-state index in [9.17, 15) is 4.79 Å². The number of pyridine rings is 1. The maximum absolute atomic E-state index is 12.1. The van der Waals surface area contributed by atoms with Crippen LogP contribution in [0, 0.1) is 12.3 Å². The molecule has 1 unspecified atom stereocenters. The zero-order valence-corrected chi connectivity index (χ0v) is 13.1. The Morgan fingerprint density at radius 2 is 2.35 bits per heavy atom. The van der Waals surface area contributed by atoms with Gasteiger partial charge in [-0.25, -0.2) is 0 Å². The van der Waals surface area contributed by atoms with Gasteiger partial charge in [0.1, 0.15) is 0 Å². The summed E-state index contributed by atoms with van der Waals surface area (Å²) in [6.07, 6.45) is 12.3. The van der Waals surface area contributed by atoms with Crippen LogP contribution in [0.5, 0.6) is 0 Å². The molecule has 1 amide bonds. The van der Waals surface area contributed by atoms with Gasteiger partial charge in [-0.2, -0.15) is 10.2 Å². The summed E-state index contributed by atoms with van der Waals surface area (Å²) in [6.45, 7) is 1.77. The van der Waals surface area contributed by atoms with Crippen molar-refractivity contribution in [3.8, 4) is 12.3 Å². The molecule has 2 aliphatic heterocycles. The molecule has 0 radical (unpaired) electrons. The quantitative estimate of drug-likeness (QED) is 0.784. The number of rotatable bonds is 7. The molecule has 0 spiro atoms. The van der Waals surface area contributed by atoms with Crippen LogP contribution in [-0.4, -0.2) is 35.7 Å². The lowest BCUT2D eigenvalue weighted by atomic mass is 10.0. The SMILES string of the molecule is C#CCCC1(CCC(=O)NC2CCN(c3cccnc3)C2)N=N1. The zero-order valence-electron chi connectivity index (χ0n) is 13.1. The predicted molar refractivity (Wildman–Crippen MR) is 87.9 cm³/mol. The lowest BCUT2D eigenvalue weighted by Crippen LogP contribution is -2.37. The van der Waals surface area contributed by atoms with Gasteiger partial charge in [-0.3, -0.25) is 9.78 Å². The second-order valence-electron chi connectivity index (χ2n) is 6.10. The molecule has 1 atom stereocenters. The van der Waals surface area contributed by atoms with Gasteiger partial charge in [0.2, 0.25) is 5.91 Å². The van der Waals surface area contributed by atoms with E-state index < -0.39 is 0 Å². The second kappa shape index (κ2) is 6.78. The molecule has 1 N–H and O–H groups in total. The summed E-state index contributed by atoms with van der Waals surface area (Å²) in [4.78, 5) is 18.5. The van der Waals surface area contributed by atoms with Gasteiger partial charge >= 0.3 is 0 Å². The molecule has 3 rings (SSSR count). The molecule has 1 aromatic rings. The van der Waals surface area contributed by atoms with Gasteiger partial charge in [-0.05, 0) is 18.6 Å². The summed E-state index contributed by atoms with van der Waals surface area (Å²) in [5.74, 6) is 2.67. The van der Waals surface area contributed by atoms with Crippen LogP contribution in [0.15, 0.2) is 34.8 Å². The first-order chi connectivity index (χ1) is 11.2. The minimum atomic E-state index is -0.374. The van der Waals surface area contributed by atoms with Crippen LogP contribution in [0.3, 0.4) is 0 Å². The maximum atomic E-state index is 12.1. The van der Waals surface area contributed by atoms with Crippen molar-refractivity contribution < 1.29 is 4.79 Å². The van der Waals surface area contributed by atoms with Crippen molar-refractivity contribution in [1.82, 2.24) is 10.3 Å². The minimum Gasteiger partial charge on any atom is -0.368 e. The molecule has 0 saturated carbocycles. The summed E-state index contributed by atoms with van der Waals surface area (Å²) in [5, 5.41) is 11.2. The fraction of sp³-hybridized carbons (Fsp3) is 0.529. The molecule has 1 fully saturated rings. The molecule has 6 heteroatoms. The van der Waals surface area contributed by atoms with E-state index in [0.717, 1.165) is 31.6 Å². The van der Waals surface area contributed by atoms with Crippen LogP contribution in [0.4, 0.5) is 5.69 Å². The normalized spacial score (nSPS) is 21.0. The monoisotopic (exact) mass is 311 g/mol. The Hall–Kier alpha value is -2.42. The number of hydrogen-bond donors (Lipinski definition) is 1. The predicted octanol–water partition coefficient (Wildman–Crippen LogP) is 2.13. The largest absolute Gasteiger partial charge is 0.368 e. The number of amides is 1. The Bertz CT molecular complexity index is 616. The highest BCUT2D eigenvalue weighted by atomic mass is 16.1. The van der Waals surface area contributed by atoms with Gasteiger partial charge in [-0.15, -0.1) is 12.3 Å². The average molecular weight is 311 g/mol. The van der Waals surface area contributed by atoms with E-state index in [2.05, 4.69) is 31.3 Å². The number of anilines is 1. The molecule has 3 heterocycles. The highest BCUT2D eigenvalue weighted by Crippen LogP contribution is 2.37. The molecule has 0 aromatic carbocycles. The first-order valence-corrected chi connectivity index (χ1v) is 8.03. The molecule has 2 aliphatic rings. The van der Waals surface area contributed by atoms with Crippen molar-refractivity contribution in [2.24, 2.45) is 10.2 Å². The molecular formula is C17H21N5O. The summed E-state index contributed by atoms with van der Waals surface area (Å²) in [5.41, 5.74) is 0.731. The summed E-state index contributed by atoms with van der Waals surface area (Å²) >= 11 is 0. The summed E-state index contributed by atoms with van der Waals surface area (Å²) < 4.78 is 0. The van der Waals surface area contributed by atoms with E-state index in [1.807, 2.05) is 18.3 Å². The molecular weight excluding hydrogens is 290 g/mol. The molecule has 23 heavy (non-hydrogen) atoms. The fourth-order valence-corrected chi connectivity index (χ4v) is 2.94.